The van der Waals surface area contributed by atoms with Crippen LogP contribution in [-0.2, 0) is 18.3 Å². The number of aryl methyl sites for hydroxylation is 1. The van der Waals surface area contributed by atoms with Gasteiger partial charge in [-0.25, -0.2) is 0 Å². The average molecular weight is 289 g/mol. The Kier molecular flexibility index (Phi) is 3.78. The Bertz CT molecular complexity index is 482. The van der Waals surface area contributed by atoms with E-state index in [1.807, 2.05) is 0 Å². The Morgan fingerprint density at radius 3 is 2.90 bits per heavy atom. The monoisotopic (exact) mass is 289 g/mol. The first kappa shape index (κ1) is 13.8. The summed E-state index contributed by atoms with van der Waals surface area (Å²) in [5, 5.41) is 0. The molecule has 21 heavy (non-hydrogen) atoms. The molecular weight excluding hydrogens is 262 g/mol. The van der Waals surface area contributed by atoms with Crippen LogP contribution >= 0.6 is 0 Å². The molecule has 4 nitrogen and oxygen atoms in total. The molecule has 116 valence electrons. The molecule has 1 aromatic rings. The summed E-state index contributed by atoms with van der Waals surface area (Å²) in [6.07, 6.45) is 6.65. The van der Waals surface area contributed by atoms with Gasteiger partial charge in [0.1, 0.15) is 0 Å². The van der Waals surface area contributed by atoms with E-state index in [9.17, 15) is 0 Å². The van der Waals surface area contributed by atoms with Gasteiger partial charge in [0.15, 0.2) is 0 Å². The second-order valence-corrected chi connectivity index (χ2v) is 7.13. The Morgan fingerprint density at radius 1 is 1.24 bits per heavy atom. The minimum atomic E-state index is 0.491. The van der Waals surface area contributed by atoms with Crippen molar-refractivity contribution >= 4 is 0 Å². The average Bonchev–Trinajstić information content (AvgIpc) is 3.10. The van der Waals surface area contributed by atoms with Gasteiger partial charge in [-0.2, -0.15) is 0 Å². The highest BCUT2D eigenvalue weighted by Gasteiger charge is 2.37. The topological polar surface area (TPSA) is 20.6 Å². The van der Waals surface area contributed by atoms with Crippen LogP contribution in [0.1, 0.15) is 25.0 Å². The third-order valence-corrected chi connectivity index (χ3v) is 5.36. The molecular formula is C17H27N3O. The van der Waals surface area contributed by atoms with Gasteiger partial charge in [0.2, 0.25) is 0 Å². The van der Waals surface area contributed by atoms with Crippen molar-refractivity contribution in [3.8, 4) is 0 Å². The van der Waals surface area contributed by atoms with Crippen LogP contribution in [0.15, 0.2) is 18.3 Å². The Labute approximate surface area is 127 Å². The van der Waals surface area contributed by atoms with Crippen LogP contribution in [0, 0.1) is 5.92 Å². The van der Waals surface area contributed by atoms with Crippen LogP contribution in [0.4, 0.5) is 0 Å². The molecule has 2 atom stereocenters. The third-order valence-electron chi connectivity index (χ3n) is 5.36. The van der Waals surface area contributed by atoms with Gasteiger partial charge in [-0.1, -0.05) is 0 Å². The molecule has 1 saturated carbocycles. The lowest BCUT2D eigenvalue weighted by atomic mass is 10.1. The van der Waals surface area contributed by atoms with E-state index in [0.29, 0.717) is 12.1 Å². The Hall–Kier alpha value is -0.840. The Balaban J connectivity index is 1.29. The predicted octanol–water partition coefficient (Wildman–Crippen LogP) is 1.71. The lowest BCUT2D eigenvalue weighted by molar-refractivity contribution is 0.0507. The van der Waals surface area contributed by atoms with Crippen molar-refractivity contribution in [3.63, 3.8) is 0 Å². The number of ether oxygens (including phenoxy) is 1. The molecule has 2 aliphatic heterocycles. The molecule has 4 heteroatoms. The second-order valence-electron chi connectivity index (χ2n) is 7.13. The summed E-state index contributed by atoms with van der Waals surface area (Å²) in [6, 6.07) is 5.09. The zero-order chi connectivity index (χ0) is 14.2. The summed E-state index contributed by atoms with van der Waals surface area (Å²) in [5.41, 5.74) is 1.42. The van der Waals surface area contributed by atoms with E-state index in [0.717, 1.165) is 25.6 Å². The second kappa shape index (κ2) is 5.75. The van der Waals surface area contributed by atoms with E-state index in [-0.39, 0.29) is 0 Å². The van der Waals surface area contributed by atoms with Gasteiger partial charge in [0.25, 0.3) is 0 Å². The maximum Gasteiger partial charge on any atom is 0.0717 e. The molecule has 3 aliphatic rings. The maximum absolute atomic E-state index is 6.11. The van der Waals surface area contributed by atoms with E-state index >= 15 is 0 Å². The number of hydrogen-bond acceptors (Lipinski definition) is 3. The van der Waals surface area contributed by atoms with Crippen molar-refractivity contribution in [3.05, 3.63) is 24.0 Å². The molecule has 3 fully saturated rings. The van der Waals surface area contributed by atoms with Crippen LogP contribution in [0.2, 0.25) is 0 Å². The maximum atomic E-state index is 6.11. The molecule has 4 rings (SSSR count). The minimum Gasteiger partial charge on any atom is -0.377 e. The van der Waals surface area contributed by atoms with E-state index in [1.54, 1.807) is 0 Å². The zero-order valence-electron chi connectivity index (χ0n) is 13.1. The highest BCUT2D eigenvalue weighted by molar-refractivity contribution is 5.07. The van der Waals surface area contributed by atoms with E-state index in [1.165, 1.54) is 44.6 Å². The number of fused-ring (bicyclic) bond motifs is 1. The summed E-state index contributed by atoms with van der Waals surface area (Å²) in [7, 11) is 2.14. The van der Waals surface area contributed by atoms with Gasteiger partial charge >= 0.3 is 0 Å². The SMILES string of the molecule is Cn1cccc1CN1CCN2C[C@H](OCC3CC3)C[C@H]2C1. The number of piperazine rings is 1. The first-order chi connectivity index (χ1) is 10.3. The van der Waals surface area contributed by atoms with Crippen LogP contribution in [-0.4, -0.2) is 59.3 Å². The largest absolute Gasteiger partial charge is 0.377 e. The van der Waals surface area contributed by atoms with Crippen molar-refractivity contribution < 1.29 is 4.74 Å². The highest BCUT2D eigenvalue weighted by atomic mass is 16.5. The summed E-state index contributed by atoms with van der Waals surface area (Å²) < 4.78 is 8.35. The molecule has 0 amide bonds. The van der Waals surface area contributed by atoms with Gasteiger partial charge in [-0.05, 0) is 37.3 Å². The standard InChI is InChI=1S/C17H27N3O/c1-18-6-2-3-15(18)10-19-7-8-20-12-17(9-16(20)11-19)21-13-14-4-5-14/h2-3,6,14,16-17H,4-5,7-13H2,1H3/t16-,17+/m0/s1. The van der Waals surface area contributed by atoms with Gasteiger partial charge in [0, 0.05) is 64.3 Å². The van der Waals surface area contributed by atoms with Crippen molar-refractivity contribution in [2.45, 2.75) is 38.0 Å². The summed E-state index contributed by atoms with van der Waals surface area (Å²) >= 11 is 0. The summed E-state index contributed by atoms with van der Waals surface area (Å²) in [5.74, 6) is 0.886. The molecule has 0 radical (unpaired) electrons. The van der Waals surface area contributed by atoms with E-state index in [2.05, 4.69) is 39.7 Å². The molecule has 0 unspecified atom stereocenters. The molecule has 3 heterocycles. The number of hydrogen-bond donors (Lipinski definition) is 0. The van der Waals surface area contributed by atoms with Gasteiger partial charge in [-0.15, -0.1) is 0 Å². The van der Waals surface area contributed by atoms with E-state index in [4.69, 9.17) is 4.74 Å². The lowest BCUT2D eigenvalue weighted by Crippen LogP contribution is -2.49. The smallest absolute Gasteiger partial charge is 0.0717 e. The zero-order valence-corrected chi connectivity index (χ0v) is 13.1. The summed E-state index contributed by atoms with van der Waals surface area (Å²) in [6.45, 7) is 6.86. The normalized spacial score (nSPS) is 30.7. The quantitative estimate of drug-likeness (QED) is 0.823. The minimum absolute atomic E-state index is 0.491. The van der Waals surface area contributed by atoms with Crippen LogP contribution in [0.3, 0.4) is 0 Å². The van der Waals surface area contributed by atoms with Crippen molar-refractivity contribution in [2.24, 2.45) is 13.0 Å². The van der Waals surface area contributed by atoms with Crippen molar-refractivity contribution in [2.75, 3.05) is 32.8 Å². The molecule has 1 aromatic heterocycles. The van der Waals surface area contributed by atoms with Crippen LogP contribution < -0.4 is 0 Å². The van der Waals surface area contributed by atoms with E-state index < -0.39 is 0 Å². The number of aromatic nitrogens is 1. The Morgan fingerprint density at radius 2 is 2.14 bits per heavy atom. The molecule has 0 bridgehead atoms. The molecule has 2 saturated heterocycles. The molecule has 0 N–H and O–H groups in total. The van der Waals surface area contributed by atoms with Crippen LogP contribution in [0.25, 0.3) is 0 Å². The molecule has 1 aliphatic carbocycles. The fraction of sp³-hybridized carbons (Fsp3) is 0.765. The fourth-order valence-electron chi connectivity index (χ4n) is 3.77. The van der Waals surface area contributed by atoms with Gasteiger partial charge < -0.3 is 9.30 Å². The van der Waals surface area contributed by atoms with Gasteiger partial charge in [0.05, 0.1) is 6.10 Å². The van der Waals surface area contributed by atoms with Crippen LogP contribution in [0.5, 0.6) is 0 Å². The predicted molar refractivity (Wildman–Crippen MR) is 83.1 cm³/mol. The number of nitrogens with zero attached hydrogens (tertiary/aromatic N) is 3. The third kappa shape index (κ3) is 3.17. The highest BCUT2D eigenvalue weighted by Crippen LogP contribution is 2.31. The fourth-order valence-corrected chi connectivity index (χ4v) is 3.77. The molecule has 0 aromatic carbocycles. The van der Waals surface area contributed by atoms with Gasteiger partial charge in [-0.3, -0.25) is 9.80 Å². The van der Waals surface area contributed by atoms with Crippen molar-refractivity contribution in [1.29, 1.82) is 0 Å². The first-order valence-corrected chi connectivity index (χ1v) is 8.46. The summed E-state index contributed by atoms with van der Waals surface area (Å²) in [4.78, 5) is 5.26. The van der Waals surface area contributed by atoms with Crippen molar-refractivity contribution in [1.82, 2.24) is 14.4 Å². The first-order valence-electron chi connectivity index (χ1n) is 8.46. The molecule has 0 spiro atoms. The number of rotatable bonds is 5. The lowest BCUT2D eigenvalue weighted by Gasteiger charge is -2.37.